The minimum atomic E-state index is -2.54. The van der Waals surface area contributed by atoms with Crippen molar-refractivity contribution in [2.24, 2.45) is 0 Å². The first kappa shape index (κ1) is 13.2. The molecule has 0 saturated carbocycles. The van der Waals surface area contributed by atoms with Crippen molar-refractivity contribution in [1.82, 2.24) is 0 Å². The third-order valence-corrected chi connectivity index (χ3v) is 1.92. The van der Waals surface area contributed by atoms with Crippen LogP contribution in [0.2, 0.25) is 0 Å². The second kappa shape index (κ2) is 6.03. The second-order valence-electron chi connectivity index (χ2n) is 3.16. The molecule has 0 N–H and O–H groups in total. The van der Waals surface area contributed by atoms with E-state index >= 15 is 0 Å². The molecule has 92 valence electrons. The lowest BCUT2D eigenvalue weighted by Gasteiger charge is -2.07. The van der Waals surface area contributed by atoms with Crippen LogP contribution in [-0.2, 0) is 4.79 Å². The molecule has 17 heavy (non-hydrogen) atoms. The summed E-state index contributed by atoms with van der Waals surface area (Å²) in [5, 5.41) is 0. The lowest BCUT2D eigenvalue weighted by Crippen LogP contribution is -2.06. The van der Waals surface area contributed by atoms with Gasteiger partial charge in [0.25, 0.3) is 0 Å². The maximum Gasteiger partial charge on any atom is 0.241 e. The highest BCUT2D eigenvalue weighted by molar-refractivity contribution is 6.33. The van der Waals surface area contributed by atoms with Gasteiger partial charge in [-0.1, -0.05) is 0 Å². The van der Waals surface area contributed by atoms with Crippen molar-refractivity contribution in [1.29, 1.82) is 0 Å². The summed E-state index contributed by atoms with van der Waals surface area (Å²) in [5.74, 6) is -1.93. The Morgan fingerprint density at radius 1 is 1.41 bits per heavy atom. The molecule has 3 nitrogen and oxygen atoms in total. The van der Waals surface area contributed by atoms with E-state index < -0.39 is 24.4 Å². The van der Waals surface area contributed by atoms with Crippen LogP contribution in [-0.4, -0.2) is 25.1 Å². The Hall–Kier alpha value is -1.85. The van der Waals surface area contributed by atoms with E-state index in [0.29, 0.717) is 0 Å². The van der Waals surface area contributed by atoms with Crippen molar-refractivity contribution in [3.63, 3.8) is 0 Å². The molecular weight excluding hydrogens is 237 g/mol. The minimum Gasteiger partial charge on any atom is -0.490 e. The number of halogens is 3. The Morgan fingerprint density at radius 3 is 2.71 bits per heavy atom. The van der Waals surface area contributed by atoms with Gasteiger partial charge in [0.15, 0.2) is 17.9 Å². The summed E-state index contributed by atoms with van der Waals surface area (Å²) in [4.78, 5) is 21.2. The summed E-state index contributed by atoms with van der Waals surface area (Å²) in [5.41, 5.74) is -0.0477. The summed E-state index contributed by atoms with van der Waals surface area (Å²) < 4.78 is 41.6. The van der Waals surface area contributed by atoms with E-state index in [0.717, 1.165) is 18.2 Å². The fourth-order valence-corrected chi connectivity index (χ4v) is 1.09. The zero-order valence-corrected chi connectivity index (χ0v) is 8.66. The molecule has 0 radical (unpaired) electrons. The van der Waals surface area contributed by atoms with Gasteiger partial charge in [-0.3, -0.25) is 9.59 Å². The van der Waals surface area contributed by atoms with E-state index in [4.69, 9.17) is 4.74 Å². The van der Waals surface area contributed by atoms with Gasteiger partial charge >= 0.3 is 0 Å². The first-order chi connectivity index (χ1) is 8.04. The van der Waals surface area contributed by atoms with Gasteiger partial charge in [-0.15, -0.1) is 0 Å². The fraction of sp³-hybridized carbons (Fsp3) is 0.273. The highest BCUT2D eigenvalue weighted by atomic mass is 19.3. The number of hydrogen-bond donors (Lipinski definition) is 0. The van der Waals surface area contributed by atoms with Crippen LogP contribution in [0.25, 0.3) is 0 Å². The van der Waals surface area contributed by atoms with Gasteiger partial charge < -0.3 is 4.74 Å². The van der Waals surface area contributed by atoms with Crippen molar-refractivity contribution in [2.45, 2.75) is 12.8 Å². The first-order valence-electron chi connectivity index (χ1n) is 4.74. The molecule has 1 aromatic rings. The summed E-state index contributed by atoms with van der Waals surface area (Å²) in [6, 6.07) is 3.07. The Bertz CT molecular complexity index is 418. The zero-order chi connectivity index (χ0) is 12.8. The number of Topliss-reactive ketones (excluding diaryl/α,β-unsaturated/α-hetero) is 1. The van der Waals surface area contributed by atoms with Crippen molar-refractivity contribution in [2.75, 3.05) is 6.61 Å². The average molecular weight is 246 g/mol. The predicted octanol–water partition coefficient (Wildman–Crippen LogP) is 2.24. The molecule has 0 unspecified atom stereocenters. The quantitative estimate of drug-likeness (QED) is 0.439. The van der Waals surface area contributed by atoms with Crippen LogP contribution in [0.4, 0.5) is 13.2 Å². The van der Waals surface area contributed by atoms with Crippen LogP contribution in [0.5, 0.6) is 5.75 Å². The molecule has 0 fully saturated rings. The van der Waals surface area contributed by atoms with E-state index in [-0.39, 0.29) is 24.2 Å². The van der Waals surface area contributed by atoms with Crippen LogP contribution < -0.4 is 4.74 Å². The molecule has 0 aliphatic rings. The number of hydrogen-bond acceptors (Lipinski definition) is 3. The molecule has 0 aliphatic carbocycles. The number of benzene rings is 1. The zero-order valence-electron chi connectivity index (χ0n) is 8.66. The van der Waals surface area contributed by atoms with Gasteiger partial charge in [0.1, 0.15) is 0 Å². The Balaban J connectivity index is 2.76. The van der Waals surface area contributed by atoms with Crippen LogP contribution in [0.1, 0.15) is 16.8 Å². The van der Waals surface area contributed by atoms with Crippen molar-refractivity contribution < 1.29 is 27.5 Å². The number of alkyl halides is 2. The summed E-state index contributed by atoms with van der Waals surface area (Å²) in [6.45, 7) is -0.368. The maximum atomic E-state index is 13.1. The largest absolute Gasteiger partial charge is 0.490 e. The predicted molar refractivity (Wildman–Crippen MR) is 52.9 cm³/mol. The molecule has 1 rings (SSSR count). The topological polar surface area (TPSA) is 43.4 Å². The molecule has 0 heterocycles. The summed E-state index contributed by atoms with van der Waals surface area (Å²) in [6.07, 6.45) is -3.00. The SMILES string of the molecule is O=CC(=O)c1ccc(F)c(OCCC(F)F)c1. The van der Waals surface area contributed by atoms with E-state index in [9.17, 15) is 22.8 Å². The highest BCUT2D eigenvalue weighted by Gasteiger charge is 2.11. The highest BCUT2D eigenvalue weighted by Crippen LogP contribution is 2.19. The van der Waals surface area contributed by atoms with E-state index in [1.807, 2.05) is 0 Å². The number of ketones is 1. The van der Waals surface area contributed by atoms with Gasteiger partial charge in [0.2, 0.25) is 12.2 Å². The standard InChI is InChI=1S/C11H9F3O3/c12-8-2-1-7(9(16)6-15)5-10(8)17-4-3-11(13)14/h1-2,5-6,11H,3-4H2. The minimum absolute atomic E-state index is 0.0477. The number of ether oxygens (including phenoxy) is 1. The normalized spacial score (nSPS) is 10.4. The molecule has 0 aliphatic heterocycles. The molecule has 6 heteroatoms. The lowest BCUT2D eigenvalue weighted by atomic mass is 10.1. The Kier molecular flexibility index (Phi) is 4.68. The Labute approximate surface area is 95.2 Å². The molecule has 0 saturated heterocycles. The summed E-state index contributed by atoms with van der Waals surface area (Å²) >= 11 is 0. The monoisotopic (exact) mass is 246 g/mol. The molecule has 0 amide bonds. The van der Waals surface area contributed by atoms with Crippen molar-refractivity contribution in [3.05, 3.63) is 29.6 Å². The molecule has 0 atom stereocenters. The number of aldehydes is 1. The van der Waals surface area contributed by atoms with E-state index in [1.165, 1.54) is 0 Å². The smallest absolute Gasteiger partial charge is 0.241 e. The maximum absolute atomic E-state index is 13.1. The molecule has 0 aromatic heterocycles. The molecular formula is C11H9F3O3. The van der Waals surface area contributed by atoms with Crippen LogP contribution in [0.15, 0.2) is 18.2 Å². The van der Waals surface area contributed by atoms with Crippen LogP contribution in [0.3, 0.4) is 0 Å². The van der Waals surface area contributed by atoms with Crippen LogP contribution in [0, 0.1) is 5.82 Å². The average Bonchev–Trinajstić information content (AvgIpc) is 2.30. The third kappa shape index (κ3) is 3.90. The van der Waals surface area contributed by atoms with Gasteiger partial charge in [-0.05, 0) is 18.2 Å². The number of carbonyl (C=O) groups excluding carboxylic acids is 2. The number of rotatable bonds is 6. The summed E-state index contributed by atoms with van der Waals surface area (Å²) in [7, 11) is 0. The fourth-order valence-electron chi connectivity index (χ4n) is 1.09. The first-order valence-corrected chi connectivity index (χ1v) is 4.74. The second-order valence-corrected chi connectivity index (χ2v) is 3.16. The van der Waals surface area contributed by atoms with Crippen LogP contribution >= 0.6 is 0 Å². The van der Waals surface area contributed by atoms with Gasteiger partial charge in [-0.25, -0.2) is 13.2 Å². The molecule has 0 spiro atoms. The van der Waals surface area contributed by atoms with Gasteiger partial charge in [0, 0.05) is 12.0 Å². The van der Waals surface area contributed by atoms with E-state index in [2.05, 4.69) is 0 Å². The third-order valence-electron chi connectivity index (χ3n) is 1.92. The molecule has 0 bridgehead atoms. The Morgan fingerprint density at radius 2 is 2.12 bits per heavy atom. The molecule has 1 aromatic carbocycles. The lowest BCUT2D eigenvalue weighted by molar-refractivity contribution is -0.104. The van der Waals surface area contributed by atoms with E-state index in [1.54, 1.807) is 0 Å². The van der Waals surface area contributed by atoms with Gasteiger partial charge in [-0.2, -0.15) is 0 Å². The van der Waals surface area contributed by atoms with Gasteiger partial charge in [0.05, 0.1) is 6.61 Å². The van der Waals surface area contributed by atoms with Crippen molar-refractivity contribution >= 4 is 12.1 Å². The van der Waals surface area contributed by atoms with Crippen molar-refractivity contribution in [3.8, 4) is 5.75 Å². The number of carbonyl (C=O) groups is 2.